The predicted molar refractivity (Wildman–Crippen MR) is 102 cm³/mol. The van der Waals surface area contributed by atoms with Crippen molar-refractivity contribution in [1.29, 1.82) is 0 Å². The van der Waals surface area contributed by atoms with E-state index in [1.807, 2.05) is 49.8 Å². The van der Waals surface area contributed by atoms with Crippen LogP contribution in [0.4, 0.5) is 5.13 Å². The van der Waals surface area contributed by atoms with Crippen molar-refractivity contribution < 1.29 is 4.79 Å². The van der Waals surface area contributed by atoms with Gasteiger partial charge < -0.3 is 4.90 Å². The van der Waals surface area contributed by atoms with E-state index in [2.05, 4.69) is 25.8 Å². The van der Waals surface area contributed by atoms with Gasteiger partial charge in [0.1, 0.15) is 0 Å². The number of aromatic nitrogens is 1. The third-order valence-corrected chi connectivity index (χ3v) is 5.71. The summed E-state index contributed by atoms with van der Waals surface area (Å²) < 4.78 is 2.09. The smallest absolute Gasteiger partial charge is 0.270 e. The maximum Gasteiger partial charge on any atom is 0.270 e. The molecular formula is C16H16BrN3OS2. The molecule has 7 heteroatoms. The van der Waals surface area contributed by atoms with Gasteiger partial charge in [0, 0.05) is 17.6 Å². The molecule has 4 nitrogen and oxygen atoms in total. The summed E-state index contributed by atoms with van der Waals surface area (Å²) in [6, 6.07) is 9.74. The van der Waals surface area contributed by atoms with E-state index in [1.54, 1.807) is 16.2 Å². The van der Waals surface area contributed by atoms with Crippen molar-refractivity contribution in [3.05, 3.63) is 45.1 Å². The maximum absolute atomic E-state index is 12.8. The highest BCUT2D eigenvalue weighted by molar-refractivity contribution is 9.10. The second kappa shape index (κ2) is 7.09. The number of hydrogen-bond acceptors (Lipinski definition) is 5. The molecule has 2 heterocycles. The van der Waals surface area contributed by atoms with Crippen LogP contribution < -0.4 is 4.90 Å². The minimum absolute atomic E-state index is 0.0139. The first-order valence-corrected chi connectivity index (χ1v) is 9.60. The van der Waals surface area contributed by atoms with Gasteiger partial charge >= 0.3 is 0 Å². The Morgan fingerprint density at radius 2 is 2.09 bits per heavy atom. The van der Waals surface area contributed by atoms with Crippen LogP contribution in [0.15, 0.2) is 40.2 Å². The Kier molecular flexibility index (Phi) is 5.11. The molecule has 3 aromatic rings. The molecule has 1 aromatic carbocycles. The molecule has 0 spiro atoms. The summed E-state index contributed by atoms with van der Waals surface area (Å²) in [5.41, 5.74) is 0.919. The van der Waals surface area contributed by atoms with Gasteiger partial charge in [-0.25, -0.2) is 4.98 Å². The van der Waals surface area contributed by atoms with Crippen molar-refractivity contribution in [3.8, 4) is 0 Å². The van der Waals surface area contributed by atoms with E-state index >= 15 is 0 Å². The molecule has 0 N–H and O–H groups in total. The van der Waals surface area contributed by atoms with Crippen molar-refractivity contribution >= 4 is 59.9 Å². The Morgan fingerprint density at radius 3 is 2.78 bits per heavy atom. The van der Waals surface area contributed by atoms with Gasteiger partial charge in [0.25, 0.3) is 5.91 Å². The lowest BCUT2D eigenvalue weighted by molar-refractivity contribution is 0.0989. The lowest BCUT2D eigenvalue weighted by Crippen LogP contribution is -2.36. The van der Waals surface area contributed by atoms with Gasteiger partial charge in [-0.05, 0) is 43.7 Å². The molecule has 0 saturated heterocycles. The molecule has 0 atom stereocenters. The maximum atomic E-state index is 12.8. The molecule has 0 aliphatic carbocycles. The zero-order chi connectivity index (χ0) is 16.4. The summed E-state index contributed by atoms with van der Waals surface area (Å²) in [6.07, 6.45) is 0. The molecule has 1 amide bonds. The summed E-state index contributed by atoms with van der Waals surface area (Å²) in [5, 5.41) is 2.67. The number of carbonyl (C=O) groups is 1. The molecule has 0 aliphatic heterocycles. The standard InChI is InChI=1S/C16H16BrN3OS2/c1-19(2)7-8-20(15(21)13-4-3-9-22-13)16-18-12-6-5-11(17)10-14(12)23-16/h3-6,9-10H,7-8H2,1-2H3. The predicted octanol–water partition coefficient (Wildman–Crippen LogP) is 4.33. The molecule has 2 aromatic heterocycles. The van der Waals surface area contributed by atoms with E-state index in [0.29, 0.717) is 6.54 Å². The number of amides is 1. The molecule has 0 saturated carbocycles. The molecule has 120 valence electrons. The highest BCUT2D eigenvalue weighted by Crippen LogP contribution is 2.31. The van der Waals surface area contributed by atoms with Crippen LogP contribution in [0.1, 0.15) is 9.67 Å². The first-order valence-electron chi connectivity index (χ1n) is 7.11. The Labute approximate surface area is 151 Å². The monoisotopic (exact) mass is 409 g/mol. The number of benzene rings is 1. The van der Waals surface area contributed by atoms with E-state index in [-0.39, 0.29) is 5.91 Å². The summed E-state index contributed by atoms with van der Waals surface area (Å²) in [6.45, 7) is 1.40. The largest absolute Gasteiger partial charge is 0.308 e. The molecule has 0 aliphatic rings. The van der Waals surface area contributed by atoms with Crippen LogP contribution in [0.5, 0.6) is 0 Å². The molecule has 0 unspecified atom stereocenters. The number of anilines is 1. The first kappa shape index (κ1) is 16.6. The lowest BCUT2D eigenvalue weighted by atomic mass is 10.3. The fourth-order valence-corrected chi connectivity index (χ4v) is 4.33. The van der Waals surface area contributed by atoms with Crippen molar-refractivity contribution in [2.45, 2.75) is 0 Å². The molecule has 0 radical (unpaired) electrons. The van der Waals surface area contributed by atoms with Crippen molar-refractivity contribution in [3.63, 3.8) is 0 Å². The van der Waals surface area contributed by atoms with Crippen LogP contribution in [-0.4, -0.2) is 43.0 Å². The number of fused-ring (bicyclic) bond motifs is 1. The van der Waals surface area contributed by atoms with E-state index < -0.39 is 0 Å². The van der Waals surface area contributed by atoms with Crippen LogP contribution in [0.25, 0.3) is 10.2 Å². The summed E-state index contributed by atoms with van der Waals surface area (Å²) in [7, 11) is 4.01. The Hall–Kier alpha value is -1.28. The first-order chi connectivity index (χ1) is 11.0. The minimum atomic E-state index is 0.0139. The molecule has 3 rings (SSSR count). The topological polar surface area (TPSA) is 36.4 Å². The van der Waals surface area contributed by atoms with Gasteiger partial charge in [0.2, 0.25) is 0 Å². The van der Waals surface area contributed by atoms with Crippen LogP contribution >= 0.6 is 38.6 Å². The number of halogens is 1. The van der Waals surface area contributed by atoms with E-state index in [0.717, 1.165) is 31.2 Å². The Balaban J connectivity index is 1.96. The zero-order valence-electron chi connectivity index (χ0n) is 12.8. The highest BCUT2D eigenvalue weighted by Gasteiger charge is 2.22. The second-order valence-electron chi connectivity index (χ2n) is 5.35. The van der Waals surface area contributed by atoms with Gasteiger partial charge in [-0.2, -0.15) is 0 Å². The van der Waals surface area contributed by atoms with Crippen LogP contribution in [0.3, 0.4) is 0 Å². The normalized spacial score (nSPS) is 11.3. The fraction of sp³-hybridized carbons (Fsp3) is 0.250. The van der Waals surface area contributed by atoms with Crippen LogP contribution in [-0.2, 0) is 0 Å². The molecule has 0 fully saturated rings. The van der Waals surface area contributed by atoms with Gasteiger partial charge in [0.15, 0.2) is 5.13 Å². The average molecular weight is 410 g/mol. The Morgan fingerprint density at radius 1 is 1.26 bits per heavy atom. The number of likely N-dealkylation sites (N-methyl/N-ethyl adjacent to an activating group) is 1. The number of thiophene rings is 1. The lowest BCUT2D eigenvalue weighted by Gasteiger charge is -2.21. The van der Waals surface area contributed by atoms with E-state index in [4.69, 9.17) is 0 Å². The van der Waals surface area contributed by atoms with Gasteiger partial charge in [-0.15, -0.1) is 11.3 Å². The molecule has 0 bridgehead atoms. The van der Waals surface area contributed by atoms with Crippen LogP contribution in [0.2, 0.25) is 0 Å². The SMILES string of the molecule is CN(C)CCN(C(=O)c1cccs1)c1nc2ccc(Br)cc2s1. The third-order valence-electron chi connectivity index (χ3n) is 3.32. The van der Waals surface area contributed by atoms with Crippen molar-refractivity contribution in [2.24, 2.45) is 0 Å². The number of carbonyl (C=O) groups excluding carboxylic acids is 1. The van der Waals surface area contributed by atoms with Crippen LogP contribution in [0, 0.1) is 0 Å². The quantitative estimate of drug-likeness (QED) is 0.628. The highest BCUT2D eigenvalue weighted by atomic mass is 79.9. The van der Waals surface area contributed by atoms with Crippen molar-refractivity contribution in [2.75, 3.05) is 32.1 Å². The number of thiazole rings is 1. The number of rotatable bonds is 5. The Bertz CT molecular complexity index is 814. The van der Waals surface area contributed by atoms with Crippen molar-refractivity contribution in [1.82, 2.24) is 9.88 Å². The molecule has 23 heavy (non-hydrogen) atoms. The molecular weight excluding hydrogens is 394 g/mol. The third kappa shape index (κ3) is 3.80. The van der Waals surface area contributed by atoms with Gasteiger partial charge in [-0.3, -0.25) is 9.69 Å². The van der Waals surface area contributed by atoms with E-state index in [1.165, 1.54) is 11.3 Å². The summed E-state index contributed by atoms with van der Waals surface area (Å²) in [5.74, 6) is 0.0139. The average Bonchev–Trinajstić information content (AvgIpc) is 3.15. The van der Waals surface area contributed by atoms with Gasteiger partial charge in [-0.1, -0.05) is 33.3 Å². The number of hydrogen-bond donors (Lipinski definition) is 0. The van der Waals surface area contributed by atoms with Gasteiger partial charge in [0.05, 0.1) is 15.1 Å². The zero-order valence-corrected chi connectivity index (χ0v) is 16.0. The van der Waals surface area contributed by atoms with E-state index in [9.17, 15) is 4.79 Å². The second-order valence-corrected chi connectivity index (χ2v) is 8.22. The number of nitrogens with zero attached hydrogens (tertiary/aromatic N) is 3. The summed E-state index contributed by atoms with van der Waals surface area (Å²) >= 11 is 6.49. The fourth-order valence-electron chi connectivity index (χ4n) is 2.12. The minimum Gasteiger partial charge on any atom is -0.308 e. The summed E-state index contributed by atoms with van der Waals surface area (Å²) in [4.78, 5) is 22.1.